The maximum Gasteiger partial charge on any atom is 0.303 e. The highest BCUT2D eigenvalue weighted by molar-refractivity contribution is 6.01. The fraction of sp³-hybridized carbons (Fsp3) is 0.758. The smallest absolute Gasteiger partial charge is 0.303 e. The molecule has 0 aromatic heterocycles. The first kappa shape index (κ1) is 85.8. The molecule has 4 aliphatic heterocycles. The van der Waals surface area contributed by atoms with Crippen LogP contribution >= 0.6 is 0 Å². The van der Waals surface area contributed by atoms with Crippen molar-refractivity contribution in [3.05, 3.63) is 0 Å². The quantitative estimate of drug-likeness (QED) is 0.0383. The summed E-state index contributed by atoms with van der Waals surface area (Å²) in [7, 11) is 0. The third-order valence-corrected chi connectivity index (χ3v) is 18.9. The molecule has 36 heteroatoms. The summed E-state index contributed by atoms with van der Waals surface area (Å²) in [4.78, 5) is 227. The van der Waals surface area contributed by atoms with E-state index in [0.29, 0.717) is 32.1 Å². The Labute approximate surface area is 592 Å². The van der Waals surface area contributed by atoms with Crippen LogP contribution in [0, 0.1) is 5.92 Å². The van der Waals surface area contributed by atoms with Gasteiger partial charge in [0.2, 0.25) is 82.7 Å². The number of nitrogens with one attached hydrogen (secondary N) is 10. The summed E-state index contributed by atoms with van der Waals surface area (Å²) in [5, 5.41) is 76.7. The van der Waals surface area contributed by atoms with E-state index in [1.54, 1.807) is 13.8 Å². The lowest BCUT2D eigenvalue weighted by Gasteiger charge is -2.35. The number of carbonyl (C=O) groups is 16. The Morgan fingerprint density at radius 2 is 0.794 bits per heavy atom. The van der Waals surface area contributed by atoms with E-state index in [9.17, 15) is 102 Å². The average molecular weight is 1450 g/mol. The summed E-state index contributed by atoms with van der Waals surface area (Å²) in [6, 6.07) is -20.5. The molecule has 36 nitrogen and oxygen atoms in total. The molecule has 0 bridgehead atoms. The number of carboxylic acid groups (broad SMARTS) is 2. The Hall–Kier alpha value is -8.64. The van der Waals surface area contributed by atoms with Gasteiger partial charge in [0.05, 0.1) is 18.8 Å². The Morgan fingerprint density at radius 1 is 0.431 bits per heavy atom. The van der Waals surface area contributed by atoms with Crippen LogP contribution in [0.3, 0.4) is 0 Å². The van der Waals surface area contributed by atoms with Crippen LogP contribution in [0.4, 0.5) is 0 Å². The first-order valence-electron chi connectivity index (χ1n) is 35.6. The molecule has 0 unspecified atom stereocenters. The van der Waals surface area contributed by atoms with Gasteiger partial charge in [-0.05, 0) is 117 Å². The monoisotopic (exact) mass is 1450 g/mol. The fourth-order valence-electron chi connectivity index (χ4n) is 12.7. The molecule has 0 radical (unpaired) electrons. The van der Waals surface area contributed by atoms with Crippen LogP contribution in [0.15, 0.2) is 0 Å². The van der Waals surface area contributed by atoms with Crippen molar-refractivity contribution in [3.8, 4) is 0 Å². The molecule has 0 aliphatic carbocycles. The minimum Gasteiger partial charge on any atom is -0.481 e. The van der Waals surface area contributed by atoms with Crippen LogP contribution in [-0.4, -0.2) is 258 Å². The number of amides is 14. The van der Waals surface area contributed by atoms with E-state index < -0.39 is 236 Å². The van der Waals surface area contributed by atoms with E-state index in [0.717, 1.165) is 38.0 Å². The minimum atomic E-state index is -1.93. The zero-order valence-electron chi connectivity index (χ0n) is 59.3. The normalized spacial score (nSPS) is 28.1. The predicted molar refractivity (Wildman–Crippen MR) is 362 cm³/mol. The number of nitrogens with zero attached hydrogens (tertiary/aromatic N) is 3. The maximum atomic E-state index is 14.7. The highest BCUT2D eigenvalue weighted by Gasteiger charge is 2.47. The van der Waals surface area contributed by atoms with Crippen molar-refractivity contribution in [1.29, 1.82) is 0 Å². The Balaban J connectivity index is 1.83. The van der Waals surface area contributed by atoms with Crippen molar-refractivity contribution in [2.75, 3.05) is 32.8 Å². The van der Waals surface area contributed by atoms with Gasteiger partial charge in [-0.1, -0.05) is 65.7 Å². The van der Waals surface area contributed by atoms with Crippen molar-refractivity contribution in [2.24, 2.45) is 17.4 Å². The molecule has 4 rings (SSSR count). The third-order valence-electron chi connectivity index (χ3n) is 18.9. The highest BCUT2D eigenvalue weighted by Crippen LogP contribution is 2.28. The first-order valence-corrected chi connectivity index (χ1v) is 35.6. The van der Waals surface area contributed by atoms with Crippen molar-refractivity contribution in [2.45, 2.75) is 280 Å². The summed E-state index contributed by atoms with van der Waals surface area (Å²) in [5.74, 6) is -17.3. The number of aliphatic hydroxyl groups is 3. The molecular weight excluding hydrogens is 1340 g/mol. The minimum absolute atomic E-state index is 0.0263. The van der Waals surface area contributed by atoms with Gasteiger partial charge in [-0.15, -0.1) is 0 Å². The second kappa shape index (κ2) is 42.7. The molecule has 4 fully saturated rings. The standard InChI is InChI=1S/C66H109N15O21/c1-7-9-10-11-12-13-19-39-55(91)72-43(26-29-50(88)89)59(95)77-52(37(5)83)63(99)69-36(4)54(90)75-44(34-82)60(96)76-51(35(3)8-2)65(101)81-33-18-23-47(81)64(100)79-31-16-21-45(79)61(97)73-41(24-27-48(68)85)56(92)71-40(20-14-15-30-67)58(94)78-53(38(6)84)66(102)80-32-17-22-46(80)62(98)74-42(57(93)70-39)25-28-49(86)87/h35-47,51-53,82-84H,7-34,67H2,1-6H3,(H2,68,85)(H,69,99)(H,70,93)(H,71,92)(H,72,91)(H,73,97)(H,74,98)(H,75,90)(H,76,96)(H,77,95)(H,78,94)(H,86,87)(H,88,89)/t35-,36-,37+,38+,39-,40-,41-,42+,43-,44-,45-,46+,47-,51-,52-,53-/m0/s1. The molecular formula is C66H109N15O21. The summed E-state index contributed by atoms with van der Waals surface area (Å²) < 4.78 is 0. The van der Waals surface area contributed by atoms with Crippen LogP contribution in [0.2, 0.25) is 0 Å². The van der Waals surface area contributed by atoms with Crippen molar-refractivity contribution in [3.63, 3.8) is 0 Å². The van der Waals surface area contributed by atoms with E-state index in [1.165, 1.54) is 16.7 Å². The van der Waals surface area contributed by atoms with Gasteiger partial charge in [-0.2, -0.15) is 0 Å². The molecule has 0 saturated carbocycles. The number of fused-ring (bicyclic) bond motifs is 3. The van der Waals surface area contributed by atoms with Crippen molar-refractivity contribution >= 4 is 94.6 Å². The van der Waals surface area contributed by atoms with Crippen molar-refractivity contribution < 1.29 is 102 Å². The van der Waals surface area contributed by atoms with Crippen LogP contribution in [0.5, 0.6) is 0 Å². The number of nitrogens with two attached hydrogens (primary N) is 2. The van der Waals surface area contributed by atoms with Gasteiger partial charge in [0.15, 0.2) is 0 Å². The van der Waals surface area contributed by atoms with Gasteiger partial charge >= 0.3 is 11.9 Å². The molecule has 16 atom stereocenters. The largest absolute Gasteiger partial charge is 0.481 e. The highest BCUT2D eigenvalue weighted by atomic mass is 16.4. The van der Waals surface area contributed by atoms with Crippen molar-refractivity contribution in [1.82, 2.24) is 67.9 Å². The van der Waals surface area contributed by atoms with E-state index >= 15 is 0 Å². The number of primary amides is 1. The number of aliphatic carboxylic acids is 2. The van der Waals surface area contributed by atoms with Gasteiger partial charge in [-0.25, -0.2) is 0 Å². The number of carbonyl (C=O) groups excluding carboxylic acids is 14. The Morgan fingerprint density at radius 3 is 1.24 bits per heavy atom. The summed E-state index contributed by atoms with van der Waals surface area (Å²) in [6.07, 6.45) is -1.43. The lowest BCUT2D eigenvalue weighted by Crippen LogP contribution is -2.62. The topological polar surface area (TPSA) is 556 Å². The van der Waals surface area contributed by atoms with Gasteiger partial charge in [0.1, 0.15) is 78.5 Å². The van der Waals surface area contributed by atoms with Gasteiger partial charge < -0.3 is 105 Å². The SMILES string of the molecule is CCCCCCCC[C@@H]1NC(=O)[C@@H](CCC(=O)O)NC(=O)[C@H]2CCCN2C(=O)[C@H]([C@@H](C)O)NC(=O)[C@H](CCCCN)NC(=O)[C@H](CCC(N)=O)NC(=O)[C@@H]2CCCN2C(=O)[C@@H]2CCCN2C(=O)[C@H]([C@@H](C)CC)NC(=O)[C@H](CO)NC(=O)[C@H](C)NC(=O)[C@H]([C@@H](C)O)NC(=O)[C@H](CCC(=O)O)NC1=O. The number of hydrogen-bond acceptors (Lipinski definition) is 20. The summed E-state index contributed by atoms with van der Waals surface area (Å²) >= 11 is 0. The number of rotatable bonds is 25. The zero-order valence-corrected chi connectivity index (χ0v) is 59.3. The first-order chi connectivity index (χ1) is 48.3. The lowest BCUT2D eigenvalue weighted by molar-refractivity contribution is -0.149. The zero-order chi connectivity index (χ0) is 76.1. The molecule has 19 N–H and O–H groups in total. The number of carboxylic acids is 2. The molecule has 4 aliphatic rings. The maximum absolute atomic E-state index is 14.7. The number of hydrogen-bond donors (Lipinski definition) is 17. The molecule has 4 heterocycles. The summed E-state index contributed by atoms with van der Waals surface area (Å²) in [6.45, 7) is 7.77. The van der Waals surface area contributed by atoms with E-state index in [-0.39, 0.29) is 84.0 Å². The lowest BCUT2D eigenvalue weighted by atomic mass is 9.96. The van der Waals surface area contributed by atoms with Gasteiger partial charge in [0.25, 0.3) is 0 Å². The average Bonchev–Trinajstić information content (AvgIpc) is 1.63. The molecule has 0 spiro atoms. The molecule has 102 heavy (non-hydrogen) atoms. The van der Waals surface area contributed by atoms with Crippen LogP contribution < -0.4 is 64.6 Å². The summed E-state index contributed by atoms with van der Waals surface area (Å²) in [5.41, 5.74) is 11.3. The molecule has 14 amide bonds. The molecule has 0 aromatic carbocycles. The molecule has 4 saturated heterocycles. The second-order valence-corrected chi connectivity index (χ2v) is 26.9. The predicted octanol–water partition coefficient (Wildman–Crippen LogP) is -4.48. The molecule has 0 aromatic rings. The number of aliphatic hydroxyl groups excluding tert-OH is 3. The van der Waals surface area contributed by atoms with E-state index in [2.05, 4.69) is 53.2 Å². The Bertz CT molecular complexity index is 2960. The Kier molecular flexibility index (Phi) is 35.9. The number of unbranched alkanes of at least 4 members (excludes halogenated alkanes) is 6. The van der Waals surface area contributed by atoms with Crippen LogP contribution in [0.1, 0.15) is 189 Å². The second-order valence-electron chi connectivity index (χ2n) is 26.9. The fourth-order valence-corrected chi connectivity index (χ4v) is 12.7. The third kappa shape index (κ3) is 26.0. The van der Waals surface area contributed by atoms with Gasteiger partial charge in [0, 0.05) is 38.9 Å². The molecule has 574 valence electrons. The van der Waals surface area contributed by atoms with E-state index in [4.69, 9.17) is 11.5 Å². The van der Waals surface area contributed by atoms with Crippen LogP contribution in [0.25, 0.3) is 0 Å². The van der Waals surface area contributed by atoms with Crippen LogP contribution in [-0.2, 0) is 76.7 Å². The van der Waals surface area contributed by atoms with Gasteiger partial charge in [-0.3, -0.25) is 76.7 Å². The van der Waals surface area contributed by atoms with E-state index in [1.807, 2.05) is 6.92 Å².